The van der Waals surface area contributed by atoms with Crippen molar-refractivity contribution in [3.8, 4) is 0 Å². The molecule has 102 valence electrons. The van der Waals surface area contributed by atoms with Crippen LogP contribution in [0.25, 0.3) is 0 Å². The second-order valence-corrected chi connectivity index (χ2v) is 6.31. The molecule has 0 aliphatic carbocycles. The average molecular weight is 387 g/mol. The lowest BCUT2D eigenvalue weighted by Crippen LogP contribution is -2.18. The van der Waals surface area contributed by atoms with E-state index in [4.69, 9.17) is 5.73 Å². The van der Waals surface area contributed by atoms with Gasteiger partial charge in [-0.2, -0.15) is 5.10 Å². The van der Waals surface area contributed by atoms with Crippen molar-refractivity contribution >= 4 is 31.9 Å². The van der Waals surface area contributed by atoms with Crippen molar-refractivity contribution in [3.63, 3.8) is 0 Å². The summed E-state index contributed by atoms with van der Waals surface area (Å²) in [5, 5.41) is 4.38. The van der Waals surface area contributed by atoms with Crippen molar-refractivity contribution < 1.29 is 0 Å². The van der Waals surface area contributed by atoms with Crippen molar-refractivity contribution in [1.82, 2.24) is 9.78 Å². The molecule has 0 radical (unpaired) electrons. The highest BCUT2D eigenvalue weighted by Crippen LogP contribution is 2.31. The number of aryl methyl sites for hydroxylation is 2. The third-order valence-electron chi connectivity index (χ3n) is 3.05. The predicted molar refractivity (Wildman–Crippen MR) is 85.1 cm³/mol. The van der Waals surface area contributed by atoms with Gasteiger partial charge >= 0.3 is 0 Å². The quantitative estimate of drug-likeness (QED) is 0.856. The van der Waals surface area contributed by atoms with E-state index in [2.05, 4.69) is 62.9 Å². The Hall–Kier alpha value is -0.650. The van der Waals surface area contributed by atoms with Crippen LogP contribution in [-0.2, 0) is 6.54 Å². The first-order valence-corrected chi connectivity index (χ1v) is 7.86. The van der Waals surface area contributed by atoms with Crippen LogP contribution >= 0.6 is 31.9 Å². The van der Waals surface area contributed by atoms with Gasteiger partial charge in [-0.25, -0.2) is 0 Å². The van der Waals surface area contributed by atoms with E-state index in [9.17, 15) is 0 Å². The van der Waals surface area contributed by atoms with Crippen LogP contribution in [0.5, 0.6) is 0 Å². The number of benzene rings is 1. The van der Waals surface area contributed by atoms with Gasteiger partial charge < -0.3 is 5.73 Å². The first kappa shape index (κ1) is 14.8. The molecule has 0 fully saturated rings. The molecular weight excluding hydrogens is 370 g/mol. The summed E-state index contributed by atoms with van der Waals surface area (Å²) in [4.78, 5) is 0. The molecular formula is C14H17Br2N3. The summed E-state index contributed by atoms with van der Waals surface area (Å²) >= 11 is 7.13. The zero-order chi connectivity index (χ0) is 14.0. The lowest BCUT2D eigenvalue weighted by Gasteiger charge is -2.17. The summed E-state index contributed by atoms with van der Waals surface area (Å²) in [6.07, 6.45) is 2.84. The molecule has 1 aromatic carbocycles. The standard InChI is InChI=1S/C14H17Br2N3/c1-3-6-19-14(12(16)8-18-19)13(17)10-7-9(2)4-5-11(10)15/h4-5,7-8,13H,3,6,17H2,1-2H3. The van der Waals surface area contributed by atoms with Gasteiger partial charge in [0.05, 0.1) is 22.4 Å². The fraction of sp³-hybridized carbons (Fsp3) is 0.357. The molecule has 0 saturated carbocycles. The Morgan fingerprint density at radius 2 is 2.05 bits per heavy atom. The van der Waals surface area contributed by atoms with Crippen LogP contribution in [0.4, 0.5) is 0 Å². The molecule has 1 unspecified atom stereocenters. The van der Waals surface area contributed by atoms with Gasteiger partial charge in [0, 0.05) is 11.0 Å². The second-order valence-electron chi connectivity index (χ2n) is 4.60. The lowest BCUT2D eigenvalue weighted by atomic mass is 10.0. The van der Waals surface area contributed by atoms with Crippen LogP contribution in [0, 0.1) is 6.92 Å². The fourth-order valence-corrected chi connectivity index (χ4v) is 3.16. The Morgan fingerprint density at radius 1 is 1.32 bits per heavy atom. The molecule has 0 aliphatic heterocycles. The molecule has 0 amide bonds. The number of hydrogen-bond acceptors (Lipinski definition) is 2. The maximum Gasteiger partial charge on any atom is 0.0745 e. The first-order valence-electron chi connectivity index (χ1n) is 6.27. The number of aromatic nitrogens is 2. The fourth-order valence-electron chi connectivity index (χ4n) is 2.12. The summed E-state index contributed by atoms with van der Waals surface area (Å²) in [5.74, 6) is 0. The van der Waals surface area contributed by atoms with E-state index in [-0.39, 0.29) is 6.04 Å². The molecule has 1 atom stereocenters. The van der Waals surface area contributed by atoms with Crippen molar-refractivity contribution in [1.29, 1.82) is 0 Å². The Kier molecular flexibility index (Phi) is 4.81. The summed E-state index contributed by atoms with van der Waals surface area (Å²) < 4.78 is 3.97. The van der Waals surface area contributed by atoms with E-state index in [1.165, 1.54) is 5.56 Å². The summed E-state index contributed by atoms with van der Waals surface area (Å²) in [6, 6.07) is 6.03. The van der Waals surface area contributed by atoms with Crippen LogP contribution in [-0.4, -0.2) is 9.78 Å². The summed E-state index contributed by atoms with van der Waals surface area (Å²) in [7, 11) is 0. The van der Waals surface area contributed by atoms with Crippen LogP contribution in [0.2, 0.25) is 0 Å². The van der Waals surface area contributed by atoms with Gasteiger partial charge in [0.1, 0.15) is 0 Å². The molecule has 2 aromatic rings. The topological polar surface area (TPSA) is 43.8 Å². The maximum absolute atomic E-state index is 6.44. The van der Waals surface area contributed by atoms with E-state index in [1.807, 2.05) is 16.9 Å². The first-order chi connectivity index (χ1) is 9.04. The Bertz CT molecular complexity index is 578. The van der Waals surface area contributed by atoms with Gasteiger partial charge in [0.15, 0.2) is 0 Å². The van der Waals surface area contributed by atoms with Crippen molar-refractivity contribution in [2.24, 2.45) is 5.73 Å². The molecule has 3 nitrogen and oxygen atoms in total. The van der Waals surface area contributed by atoms with E-state index in [1.54, 1.807) is 0 Å². The largest absolute Gasteiger partial charge is 0.319 e. The van der Waals surface area contributed by atoms with Crippen molar-refractivity contribution in [3.05, 3.63) is 50.2 Å². The predicted octanol–water partition coefficient (Wildman–Crippen LogP) is 4.17. The van der Waals surface area contributed by atoms with Gasteiger partial charge in [-0.05, 0) is 40.9 Å². The summed E-state index contributed by atoms with van der Waals surface area (Å²) in [5.41, 5.74) is 9.75. The van der Waals surface area contributed by atoms with E-state index >= 15 is 0 Å². The minimum Gasteiger partial charge on any atom is -0.319 e. The third kappa shape index (κ3) is 3.09. The minimum atomic E-state index is -0.197. The van der Waals surface area contributed by atoms with Gasteiger partial charge in [0.2, 0.25) is 0 Å². The Morgan fingerprint density at radius 3 is 2.74 bits per heavy atom. The van der Waals surface area contributed by atoms with Crippen LogP contribution in [0.3, 0.4) is 0 Å². The highest BCUT2D eigenvalue weighted by Gasteiger charge is 2.20. The van der Waals surface area contributed by atoms with Crippen LogP contribution in [0.1, 0.15) is 36.2 Å². The Balaban J connectivity index is 2.46. The van der Waals surface area contributed by atoms with Gasteiger partial charge in [-0.1, -0.05) is 40.5 Å². The van der Waals surface area contributed by atoms with E-state index < -0.39 is 0 Å². The van der Waals surface area contributed by atoms with E-state index in [0.29, 0.717) is 0 Å². The molecule has 5 heteroatoms. The zero-order valence-electron chi connectivity index (χ0n) is 11.0. The number of hydrogen-bond donors (Lipinski definition) is 1. The number of halogens is 2. The second kappa shape index (κ2) is 6.20. The number of nitrogens with two attached hydrogens (primary N) is 1. The van der Waals surface area contributed by atoms with Gasteiger partial charge in [0.25, 0.3) is 0 Å². The smallest absolute Gasteiger partial charge is 0.0745 e. The van der Waals surface area contributed by atoms with E-state index in [0.717, 1.165) is 33.2 Å². The minimum absolute atomic E-state index is 0.197. The average Bonchev–Trinajstić information content (AvgIpc) is 2.73. The number of rotatable bonds is 4. The SMILES string of the molecule is CCCn1ncc(Br)c1C(N)c1cc(C)ccc1Br. The molecule has 1 aromatic heterocycles. The molecule has 0 bridgehead atoms. The lowest BCUT2D eigenvalue weighted by molar-refractivity contribution is 0.558. The summed E-state index contributed by atoms with van der Waals surface area (Å²) in [6.45, 7) is 5.08. The normalized spacial score (nSPS) is 12.7. The van der Waals surface area contributed by atoms with Crippen molar-refractivity contribution in [2.45, 2.75) is 32.9 Å². The third-order valence-corrected chi connectivity index (χ3v) is 4.38. The van der Waals surface area contributed by atoms with Crippen LogP contribution in [0.15, 0.2) is 33.3 Å². The Labute approximate surface area is 130 Å². The molecule has 0 saturated heterocycles. The van der Waals surface area contributed by atoms with Gasteiger partial charge in [-0.15, -0.1) is 0 Å². The monoisotopic (exact) mass is 385 g/mol. The maximum atomic E-state index is 6.44. The highest BCUT2D eigenvalue weighted by atomic mass is 79.9. The molecule has 1 heterocycles. The molecule has 2 N–H and O–H groups in total. The van der Waals surface area contributed by atoms with Crippen LogP contribution < -0.4 is 5.73 Å². The molecule has 2 rings (SSSR count). The molecule has 0 aliphatic rings. The zero-order valence-corrected chi connectivity index (χ0v) is 14.2. The molecule has 19 heavy (non-hydrogen) atoms. The van der Waals surface area contributed by atoms with Gasteiger partial charge in [-0.3, -0.25) is 4.68 Å². The molecule has 0 spiro atoms. The van der Waals surface area contributed by atoms with Crippen molar-refractivity contribution in [2.75, 3.05) is 0 Å². The number of nitrogens with zero attached hydrogens (tertiary/aromatic N) is 2. The highest BCUT2D eigenvalue weighted by molar-refractivity contribution is 9.10.